The molecule has 0 unspecified atom stereocenters. The molecule has 3 N–H and O–H groups in total. The van der Waals surface area contributed by atoms with Gasteiger partial charge in [0.2, 0.25) is 0 Å². The van der Waals surface area contributed by atoms with Crippen molar-refractivity contribution in [1.29, 1.82) is 0 Å². The van der Waals surface area contributed by atoms with E-state index in [0.29, 0.717) is 22.9 Å². The smallest absolute Gasteiger partial charge is 0.286 e. The number of nitrogens with one attached hydrogen (secondary N) is 1. The Bertz CT molecular complexity index is 942. The van der Waals surface area contributed by atoms with E-state index in [4.69, 9.17) is 15.2 Å². The highest BCUT2D eigenvalue weighted by molar-refractivity contribution is 8.18. The Kier molecular flexibility index (Phi) is 6.33. The molecule has 3 rings (SSSR count). The molecule has 0 spiro atoms. The number of carbonyl (C=O) groups excluding carboxylic acids is 2. The lowest BCUT2D eigenvalue weighted by Gasteiger charge is -2.12. The molecule has 0 aromatic heterocycles. The van der Waals surface area contributed by atoms with Crippen LogP contribution >= 0.6 is 11.8 Å². The van der Waals surface area contributed by atoms with Crippen LogP contribution in [0.3, 0.4) is 0 Å². The monoisotopic (exact) mass is 397 g/mol. The maximum absolute atomic E-state index is 12.0. The molecule has 2 aromatic rings. The normalized spacial score (nSPS) is 14.7. The number of nitrogens with two attached hydrogens (primary N) is 1. The molecule has 1 aliphatic rings. The van der Waals surface area contributed by atoms with Gasteiger partial charge in [-0.05, 0) is 41.1 Å². The quantitative estimate of drug-likeness (QED) is 0.695. The van der Waals surface area contributed by atoms with Crippen LogP contribution in [0.25, 0.3) is 6.08 Å². The highest BCUT2D eigenvalue weighted by Crippen LogP contribution is 2.31. The lowest BCUT2D eigenvalue weighted by Crippen LogP contribution is -2.28. The largest absolute Gasteiger partial charge is 0.493 e. The van der Waals surface area contributed by atoms with Crippen molar-refractivity contribution >= 4 is 34.8 Å². The fourth-order valence-electron chi connectivity index (χ4n) is 2.46. The molecule has 0 radical (unpaired) electrons. The fraction of sp³-hybridized carbons (Fsp3) is 0.150. The Morgan fingerprint density at radius 2 is 2.00 bits per heavy atom. The number of amides is 2. The number of hydrogen-bond donors (Lipinski definition) is 2. The van der Waals surface area contributed by atoms with E-state index in [1.54, 1.807) is 24.3 Å². The molecule has 7 nitrogen and oxygen atoms in total. The van der Waals surface area contributed by atoms with Gasteiger partial charge in [0.15, 0.2) is 23.3 Å². The van der Waals surface area contributed by atoms with Crippen molar-refractivity contribution in [2.24, 2.45) is 10.7 Å². The minimum Gasteiger partial charge on any atom is -0.493 e. The van der Waals surface area contributed by atoms with E-state index in [2.05, 4.69) is 10.3 Å². The number of hydrogen-bond acceptors (Lipinski definition) is 6. The lowest BCUT2D eigenvalue weighted by atomic mass is 10.2. The topological polar surface area (TPSA) is 103 Å². The number of methoxy groups -OCH3 is 1. The van der Waals surface area contributed by atoms with E-state index < -0.39 is 0 Å². The van der Waals surface area contributed by atoms with Crippen molar-refractivity contribution in [1.82, 2.24) is 5.32 Å². The number of nitrogens with zero attached hydrogens (tertiary/aromatic N) is 1. The van der Waals surface area contributed by atoms with Gasteiger partial charge in [0.25, 0.3) is 11.8 Å². The molecule has 0 saturated heterocycles. The standard InChI is InChI=1S/C20H19N3O4S/c1-26-16-9-14(10-17-19(25)23-20(21)28-17)7-8-15(16)27-12-18(24)22-11-13-5-3-2-4-6-13/h2-10H,11-12H2,1H3,(H,22,24)(H2,21,23,25)/b17-10-. The third kappa shape index (κ3) is 5.14. The Morgan fingerprint density at radius 1 is 1.21 bits per heavy atom. The van der Waals surface area contributed by atoms with Crippen molar-refractivity contribution in [2.75, 3.05) is 13.7 Å². The number of carbonyl (C=O) groups is 2. The molecule has 8 heteroatoms. The van der Waals surface area contributed by atoms with Crippen molar-refractivity contribution in [3.8, 4) is 11.5 Å². The van der Waals surface area contributed by atoms with Gasteiger partial charge in [-0.2, -0.15) is 4.99 Å². The molecule has 0 saturated carbocycles. The van der Waals surface area contributed by atoms with Gasteiger partial charge in [0.05, 0.1) is 12.0 Å². The van der Waals surface area contributed by atoms with Crippen LogP contribution in [-0.4, -0.2) is 30.7 Å². The van der Waals surface area contributed by atoms with Crippen LogP contribution in [0.1, 0.15) is 11.1 Å². The van der Waals surface area contributed by atoms with Gasteiger partial charge in [-0.3, -0.25) is 9.59 Å². The van der Waals surface area contributed by atoms with Crippen molar-refractivity contribution in [2.45, 2.75) is 6.54 Å². The zero-order chi connectivity index (χ0) is 19.9. The van der Waals surface area contributed by atoms with E-state index in [0.717, 1.165) is 22.9 Å². The van der Waals surface area contributed by atoms with E-state index in [1.807, 2.05) is 30.3 Å². The van der Waals surface area contributed by atoms with Crippen LogP contribution in [0.2, 0.25) is 0 Å². The van der Waals surface area contributed by atoms with Gasteiger partial charge in [0, 0.05) is 6.54 Å². The molecular weight excluding hydrogens is 378 g/mol. The Labute approximate surface area is 166 Å². The molecular formula is C20H19N3O4S. The van der Waals surface area contributed by atoms with E-state index >= 15 is 0 Å². The van der Waals surface area contributed by atoms with Gasteiger partial charge in [-0.1, -0.05) is 36.4 Å². The minimum atomic E-state index is -0.364. The molecule has 0 bridgehead atoms. The van der Waals surface area contributed by atoms with Gasteiger partial charge in [-0.15, -0.1) is 0 Å². The Morgan fingerprint density at radius 3 is 2.68 bits per heavy atom. The molecule has 1 heterocycles. The molecule has 144 valence electrons. The first kappa shape index (κ1) is 19.5. The third-order valence-corrected chi connectivity index (χ3v) is 4.63. The SMILES string of the molecule is COc1cc(/C=C2\SC(N)=NC2=O)ccc1OCC(=O)NCc1ccccc1. The summed E-state index contributed by atoms with van der Waals surface area (Å²) in [6.07, 6.45) is 1.68. The maximum Gasteiger partial charge on any atom is 0.286 e. The second-order valence-electron chi connectivity index (χ2n) is 5.83. The summed E-state index contributed by atoms with van der Waals surface area (Å²) >= 11 is 1.12. The summed E-state index contributed by atoms with van der Waals surface area (Å²) in [4.78, 5) is 27.8. The van der Waals surface area contributed by atoms with Crippen LogP contribution in [0, 0.1) is 0 Å². The molecule has 0 aliphatic carbocycles. The summed E-state index contributed by atoms with van der Waals surface area (Å²) in [6.45, 7) is 0.298. The maximum atomic E-state index is 12.0. The van der Waals surface area contributed by atoms with Crippen molar-refractivity contribution in [3.63, 3.8) is 0 Å². The van der Waals surface area contributed by atoms with Crippen LogP contribution in [-0.2, 0) is 16.1 Å². The zero-order valence-electron chi connectivity index (χ0n) is 15.2. The molecule has 0 fully saturated rings. The van der Waals surface area contributed by atoms with Gasteiger partial charge in [0.1, 0.15) is 0 Å². The summed E-state index contributed by atoms with van der Waals surface area (Å²) in [5.41, 5.74) is 7.29. The molecule has 28 heavy (non-hydrogen) atoms. The predicted molar refractivity (Wildman–Crippen MR) is 109 cm³/mol. The number of thioether (sulfide) groups is 1. The zero-order valence-corrected chi connectivity index (χ0v) is 16.0. The van der Waals surface area contributed by atoms with Gasteiger partial charge in [-0.25, -0.2) is 0 Å². The number of amidine groups is 1. The molecule has 2 amide bonds. The van der Waals surface area contributed by atoms with Gasteiger partial charge < -0.3 is 20.5 Å². The summed E-state index contributed by atoms with van der Waals surface area (Å²) in [7, 11) is 1.51. The first-order valence-corrected chi connectivity index (χ1v) is 9.26. The highest BCUT2D eigenvalue weighted by Gasteiger charge is 2.19. The first-order chi connectivity index (χ1) is 13.5. The summed E-state index contributed by atoms with van der Waals surface area (Å²) in [5, 5.41) is 3.02. The Balaban J connectivity index is 1.59. The van der Waals surface area contributed by atoms with Crippen molar-refractivity contribution < 1.29 is 19.1 Å². The average Bonchev–Trinajstić information content (AvgIpc) is 3.02. The molecule has 0 atom stereocenters. The van der Waals surface area contributed by atoms with Crippen LogP contribution in [0.15, 0.2) is 58.4 Å². The number of rotatable bonds is 7. The summed E-state index contributed by atoms with van der Waals surface area (Å²) in [5.74, 6) is 0.282. The van der Waals surface area contributed by atoms with Crippen LogP contribution in [0.4, 0.5) is 0 Å². The van der Waals surface area contributed by atoms with E-state index in [9.17, 15) is 9.59 Å². The lowest BCUT2D eigenvalue weighted by molar-refractivity contribution is -0.123. The van der Waals surface area contributed by atoms with Crippen LogP contribution < -0.4 is 20.5 Å². The van der Waals surface area contributed by atoms with Gasteiger partial charge >= 0.3 is 0 Å². The second kappa shape index (κ2) is 9.09. The van der Waals surface area contributed by atoms with Crippen molar-refractivity contribution in [3.05, 3.63) is 64.6 Å². The predicted octanol–water partition coefficient (Wildman–Crippen LogP) is 2.32. The summed E-state index contributed by atoms with van der Waals surface area (Å²) in [6, 6.07) is 14.8. The molecule has 2 aromatic carbocycles. The average molecular weight is 397 g/mol. The first-order valence-electron chi connectivity index (χ1n) is 8.44. The van der Waals surface area contributed by atoms with E-state index in [-0.39, 0.29) is 23.6 Å². The van der Waals surface area contributed by atoms with E-state index in [1.165, 1.54) is 7.11 Å². The Hall–Kier alpha value is -3.26. The fourth-order valence-corrected chi connectivity index (χ4v) is 3.14. The van der Waals surface area contributed by atoms with Crippen LogP contribution in [0.5, 0.6) is 11.5 Å². The second-order valence-corrected chi connectivity index (χ2v) is 6.89. The number of aliphatic imine (C=N–C) groups is 1. The third-order valence-electron chi connectivity index (χ3n) is 3.81. The number of ether oxygens (including phenoxy) is 2. The minimum absolute atomic E-state index is 0.137. The highest BCUT2D eigenvalue weighted by atomic mass is 32.2. The summed E-state index contributed by atoms with van der Waals surface area (Å²) < 4.78 is 10.9. The number of benzene rings is 2. The molecule has 1 aliphatic heterocycles.